The second kappa shape index (κ2) is 3.32. The number of nitrogens with zero attached hydrogens (tertiary/aromatic N) is 2. The third-order valence-corrected chi connectivity index (χ3v) is 2.55. The summed E-state index contributed by atoms with van der Waals surface area (Å²) in [5, 5.41) is 15.8. The van der Waals surface area contributed by atoms with E-state index in [1.807, 2.05) is 4.90 Å². The molecule has 0 bridgehead atoms. The molecular weight excluding hydrogens is 182 g/mol. The lowest BCUT2D eigenvalue weighted by molar-refractivity contribution is 0.0697. The van der Waals surface area contributed by atoms with Crippen molar-refractivity contribution in [1.82, 2.24) is 10.2 Å². The number of carbonyl (C=O) groups is 1. The third kappa shape index (κ3) is 1.34. The molecule has 0 amide bonds. The van der Waals surface area contributed by atoms with Crippen LogP contribution >= 0.6 is 0 Å². The zero-order valence-electron chi connectivity index (χ0n) is 8.08. The molecule has 2 rings (SSSR count). The van der Waals surface area contributed by atoms with E-state index in [0.29, 0.717) is 17.1 Å². The Hall–Kier alpha value is -1.52. The molecule has 2 N–H and O–H groups in total. The Kier molecular flexibility index (Phi) is 2.15. The second-order valence-corrected chi connectivity index (χ2v) is 3.55. The standard InChI is InChI=1S/C9H13N3O2/c1-6-7(9(13)14)8(11-10-6)12-4-2-3-5-12/h2-5H2,1H3,(H,10,11)(H,13,14). The number of carboxylic acid groups (broad SMARTS) is 1. The SMILES string of the molecule is Cc1[nH]nc(N2CCCC2)c1C(=O)O. The minimum atomic E-state index is -0.904. The fourth-order valence-electron chi connectivity index (χ4n) is 1.83. The number of H-pyrrole nitrogens is 1. The number of aromatic nitrogens is 2. The summed E-state index contributed by atoms with van der Waals surface area (Å²) in [4.78, 5) is 13.0. The first-order chi connectivity index (χ1) is 6.70. The highest BCUT2D eigenvalue weighted by molar-refractivity contribution is 5.94. The molecule has 0 unspecified atom stereocenters. The molecule has 1 aromatic rings. The van der Waals surface area contributed by atoms with Crippen LogP contribution in [0.2, 0.25) is 0 Å². The van der Waals surface area contributed by atoms with Crippen LogP contribution in [0.3, 0.4) is 0 Å². The van der Waals surface area contributed by atoms with E-state index in [-0.39, 0.29) is 0 Å². The van der Waals surface area contributed by atoms with Crippen LogP contribution in [0.4, 0.5) is 5.82 Å². The maximum Gasteiger partial charge on any atom is 0.341 e. The molecule has 0 atom stereocenters. The molecule has 1 saturated heterocycles. The van der Waals surface area contributed by atoms with Crippen LogP contribution in [-0.2, 0) is 0 Å². The molecule has 76 valence electrons. The van der Waals surface area contributed by atoms with E-state index in [1.54, 1.807) is 6.92 Å². The summed E-state index contributed by atoms with van der Waals surface area (Å²) in [6.07, 6.45) is 2.23. The van der Waals surface area contributed by atoms with Crippen LogP contribution in [0.15, 0.2) is 0 Å². The van der Waals surface area contributed by atoms with Gasteiger partial charge in [-0.3, -0.25) is 5.10 Å². The molecule has 0 saturated carbocycles. The van der Waals surface area contributed by atoms with Crippen LogP contribution in [0.1, 0.15) is 28.9 Å². The maximum absolute atomic E-state index is 11.0. The van der Waals surface area contributed by atoms with E-state index < -0.39 is 5.97 Å². The normalized spacial score (nSPS) is 16.2. The van der Waals surface area contributed by atoms with Gasteiger partial charge in [0.25, 0.3) is 0 Å². The van der Waals surface area contributed by atoms with Gasteiger partial charge in [0.15, 0.2) is 5.82 Å². The van der Waals surface area contributed by atoms with Gasteiger partial charge in [-0.25, -0.2) is 4.79 Å². The maximum atomic E-state index is 11.0. The molecule has 0 aliphatic carbocycles. The Morgan fingerprint density at radius 3 is 2.71 bits per heavy atom. The Morgan fingerprint density at radius 1 is 1.50 bits per heavy atom. The van der Waals surface area contributed by atoms with Crippen molar-refractivity contribution in [1.29, 1.82) is 0 Å². The van der Waals surface area contributed by atoms with Crippen molar-refractivity contribution < 1.29 is 9.90 Å². The monoisotopic (exact) mass is 195 g/mol. The summed E-state index contributed by atoms with van der Waals surface area (Å²) in [5.41, 5.74) is 0.936. The van der Waals surface area contributed by atoms with Gasteiger partial charge in [-0.1, -0.05) is 0 Å². The van der Waals surface area contributed by atoms with E-state index in [4.69, 9.17) is 5.11 Å². The highest BCUT2D eigenvalue weighted by Crippen LogP contribution is 2.23. The Balaban J connectivity index is 2.37. The molecule has 5 nitrogen and oxygen atoms in total. The van der Waals surface area contributed by atoms with E-state index in [9.17, 15) is 4.79 Å². The average molecular weight is 195 g/mol. The van der Waals surface area contributed by atoms with Crippen molar-refractivity contribution in [2.24, 2.45) is 0 Å². The number of rotatable bonds is 2. The summed E-state index contributed by atoms with van der Waals surface area (Å²) >= 11 is 0. The molecular formula is C9H13N3O2. The lowest BCUT2D eigenvalue weighted by Gasteiger charge is -2.14. The predicted octanol–water partition coefficient (Wildman–Crippen LogP) is 1.02. The van der Waals surface area contributed by atoms with Crippen LogP contribution in [0, 0.1) is 6.92 Å². The molecule has 1 aliphatic rings. The Bertz CT molecular complexity index is 353. The number of hydrogen-bond donors (Lipinski definition) is 2. The minimum Gasteiger partial charge on any atom is -0.477 e. The summed E-state index contributed by atoms with van der Waals surface area (Å²) in [6, 6.07) is 0. The van der Waals surface area contributed by atoms with E-state index in [0.717, 1.165) is 25.9 Å². The van der Waals surface area contributed by atoms with Crippen molar-refractivity contribution in [2.75, 3.05) is 18.0 Å². The highest BCUT2D eigenvalue weighted by atomic mass is 16.4. The van der Waals surface area contributed by atoms with E-state index >= 15 is 0 Å². The van der Waals surface area contributed by atoms with Crippen molar-refractivity contribution in [2.45, 2.75) is 19.8 Å². The lowest BCUT2D eigenvalue weighted by atomic mass is 10.2. The number of hydrogen-bond acceptors (Lipinski definition) is 3. The number of anilines is 1. The number of nitrogens with one attached hydrogen (secondary N) is 1. The summed E-state index contributed by atoms with van der Waals surface area (Å²) < 4.78 is 0. The fourth-order valence-corrected chi connectivity index (χ4v) is 1.83. The number of aromatic carboxylic acids is 1. The molecule has 5 heteroatoms. The van der Waals surface area contributed by atoms with Crippen molar-refractivity contribution >= 4 is 11.8 Å². The van der Waals surface area contributed by atoms with Crippen LogP contribution in [0.25, 0.3) is 0 Å². The number of aromatic amines is 1. The smallest absolute Gasteiger partial charge is 0.341 e. The summed E-state index contributed by atoms with van der Waals surface area (Å²) in [7, 11) is 0. The average Bonchev–Trinajstić information content (AvgIpc) is 2.70. The van der Waals surface area contributed by atoms with Crippen LogP contribution in [-0.4, -0.2) is 34.4 Å². The number of carboxylic acids is 1. The van der Waals surface area contributed by atoms with Gasteiger partial charge in [0.2, 0.25) is 0 Å². The van der Waals surface area contributed by atoms with Gasteiger partial charge in [-0.05, 0) is 19.8 Å². The first kappa shape index (κ1) is 9.05. The molecule has 0 spiro atoms. The molecule has 0 aromatic carbocycles. The van der Waals surface area contributed by atoms with E-state index in [1.165, 1.54) is 0 Å². The highest BCUT2D eigenvalue weighted by Gasteiger charge is 2.23. The lowest BCUT2D eigenvalue weighted by Crippen LogP contribution is -2.20. The van der Waals surface area contributed by atoms with Gasteiger partial charge in [-0.15, -0.1) is 0 Å². The van der Waals surface area contributed by atoms with Crippen molar-refractivity contribution in [3.63, 3.8) is 0 Å². The largest absolute Gasteiger partial charge is 0.477 e. The topological polar surface area (TPSA) is 69.2 Å². The predicted molar refractivity (Wildman–Crippen MR) is 51.7 cm³/mol. The van der Waals surface area contributed by atoms with Gasteiger partial charge in [0.1, 0.15) is 5.56 Å². The van der Waals surface area contributed by atoms with Gasteiger partial charge < -0.3 is 10.0 Å². The van der Waals surface area contributed by atoms with Crippen LogP contribution < -0.4 is 4.90 Å². The molecule has 14 heavy (non-hydrogen) atoms. The molecule has 0 radical (unpaired) electrons. The van der Waals surface area contributed by atoms with Gasteiger partial charge in [0.05, 0.1) is 0 Å². The van der Waals surface area contributed by atoms with Crippen molar-refractivity contribution in [3.8, 4) is 0 Å². The quantitative estimate of drug-likeness (QED) is 0.739. The van der Waals surface area contributed by atoms with Gasteiger partial charge >= 0.3 is 5.97 Å². The molecule has 1 aromatic heterocycles. The first-order valence-electron chi connectivity index (χ1n) is 4.73. The summed E-state index contributed by atoms with van der Waals surface area (Å²) in [6.45, 7) is 3.55. The fraction of sp³-hybridized carbons (Fsp3) is 0.556. The first-order valence-corrected chi connectivity index (χ1v) is 4.73. The van der Waals surface area contributed by atoms with E-state index in [2.05, 4.69) is 10.2 Å². The van der Waals surface area contributed by atoms with Crippen LogP contribution in [0.5, 0.6) is 0 Å². The number of aryl methyl sites for hydroxylation is 1. The molecule has 1 aliphatic heterocycles. The van der Waals surface area contributed by atoms with Gasteiger partial charge in [-0.2, -0.15) is 5.10 Å². The Labute approximate surface area is 81.7 Å². The zero-order chi connectivity index (χ0) is 10.1. The third-order valence-electron chi connectivity index (χ3n) is 2.55. The molecule has 1 fully saturated rings. The van der Waals surface area contributed by atoms with Gasteiger partial charge in [0, 0.05) is 18.8 Å². The molecule has 2 heterocycles. The van der Waals surface area contributed by atoms with Crippen molar-refractivity contribution in [3.05, 3.63) is 11.3 Å². The minimum absolute atomic E-state index is 0.312. The zero-order valence-corrected chi connectivity index (χ0v) is 8.08. The Morgan fingerprint density at radius 2 is 2.14 bits per heavy atom. The summed E-state index contributed by atoms with van der Waals surface area (Å²) in [5.74, 6) is -0.314. The second-order valence-electron chi connectivity index (χ2n) is 3.55.